The number of nitrogens with zero attached hydrogens (tertiary/aromatic N) is 3. The second-order valence-electron chi connectivity index (χ2n) is 4.10. The average molecular weight is 215 g/mol. The van der Waals surface area contributed by atoms with E-state index in [9.17, 15) is 5.11 Å². The summed E-state index contributed by atoms with van der Waals surface area (Å²) < 4.78 is 1.92. The first-order valence-corrected chi connectivity index (χ1v) is 5.48. The Hall–Kier alpha value is -1.68. The van der Waals surface area contributed by atoms with Crippen LogP contribution < -0.4 is 0 Å². The number of hydrogen-bond donors (Lipinski definition) is 1. The minimum Gasteiger partial charge on any atom is -0.392 e. The molecule has 0 aliphatic heterocycles. The largest absolute Gasteiger partial charge is 0.392 e. The zero-order valence-corrected chi connectivity index (χ0v) is 8.87. The van der Waals surface area contributed by atoms with Gasteiger partial charge >= 0.3 is 0 Å². The van der Waals surface area contributed by atoms with Gasteiger partial charge in [0.1, 0.15) is 0 Å². The quantitative estimate of drug-likeness (QED) is 0.846. The van der Waals surface area contributed by atoms with Crippen LogP contribution in [0, 0.1) is 0 Å². The molecule has 82 valence electrons. The first-order chi connectivity index (χ1) is 7.90. The van der Waals surface area contributed by atoms with Gasteiger partial charge < -0.3 is 5.11 Å². The smallest absolute Gasteiger partial charge is 0.0715 e. The molecule has 4 nitrogen and oxygen atoms in total. The van der Waals surface area contributed by atoms with Crippen LogP contribution >= 0.6 is 0 Å². The predicted molar refractivity (Wildman–Crippen MR) is 59.3 cm³/mol. The minimum atomic E-state index is 0.0664. The summed E-state index contributed by atoms with van der Waals surface area (Å²) in [5, 5.41) is 13.6. The summed E-state index contributed by atoms with van der Waals surface area (Å²) in [6.45, 7) is 0.0664. The van der Waals surface area contributed by atoms with Gasteiger partial charge in [0.15, 0.2) is 0 Å². The Morgan fingerprint density at radius 1 is 1.31 bits per heavy atom. The summed E-state index contributed by atoms with van der Waals surface area (Å²) >= 11 is 0. The Labute approximate surface area is 93.6 Å². The lowest BCUT2D eigenvalue weighted by Crippen LogP contribution is -2.02. The molecule has 2 aromatic heterocycles. The maximum absolute atomic E-state index is 9.29. The third kappa shape index (κ3) is 1.51. The van der Waals surface area contributed by atoms with Gasteiger partial charge in [0.25, 0.3) is 0 Å². The average Bonchev–Trinajstić information content (AvgIpc) is 3.09. The van der Waals surface area contributed by atoms with E-state index in [0.29, 0.717) is 5.92 Å². The minimum absolute atomic E-state index is 0.0664. The van der Waals surface area contributed by atoms with Crippen molar-refractivity contribution in [2.24, 2.45) is 0 Å². The molecular formula is C12H13N3O. The van der Waals surface area contributed by atoms with E-state index < -0.39 is 0 Å². The molecule has 2 heterocycles. The number of aliphatic hydroxyl groups excluding tert-OH is 1. The van der Waals surface area contributed by atoms with Crippen molar-refractivity contribution in [2.45, 2.75) is 25.4 Å². The fourth-order valence-corrected chi connectivity index (χ4v) is 2.00. The molecule has 0 amide bonds. The van der Waals surface area contributed by atoms with Crippen molar-refractivity contribution in [1.29, 1.82) is 0 Å². The van der Waals surface area contributed by atoms with Gasteiger partial charge in [-0.15, -0.1) is 0 Å². The van der Waals surface area contributed by atoms with Crippen LogP contribution in [0.5, 0.6) is 0 Å². The Balaban J connectivity index is 2.10. The molecule has 1 saturated carbocycles. The van der Waals surface area contributed by atoms with E-state index in [1.54, 1.807) is 18.6 Å². The molecule has 1 N–H and O–H groups in total. The lowest BCUT2D eigenvalue weighted by molar-refractivity contribution is 0.280. The van der Waals surface area contributed by atoms with E-state index >= 15 is 0 Å². The van der Waals surface area contributed by atoms with E-state index in [1.807, 2.05) is 16.8 Å². The molecule has 3 rings (SSSR count). The molecule has 1 aliphatic rings. The fourth-order valence-electron chi connectivity index (χ4n) is 2.00. The molecule has 0 radical (unpaired) electrons. The number of aliphatic hydroxyl groups is 1. The Kier molecular flexibility index (Phi) is 2.22. The normalized spacial score (nSPS) is 15.3. The van der Waals surface area contributed by atoms with Gasteiger partial charge in [0.05, 0.1) is 24.2 Å². The maximum atomic E-state index is 9.29. The van der Waals surface area contributed by atoms with Crippen molar-refractivity contribution in [3.05, 3.63) is 42.0 Å². The van der Waals surface area contributed by atoms with Crippen LogP contribution in [0.2, 0.25) is 0 Å². The molecule has 0 aromatic carbocycles. The molecule has 0 spiro atoms. The van der Waals surface area contributed by atoms with Crippen LogP contribution in [0.3, 0.4) is 0 Å². The molecule has 0 saturated heterocycles. The van der Waals surface area contributed by atoms with Crippen LogP contribution in [0.15, 0.2) is 30.7 Å². The second-order valence-corrected chi connectivity index (χ2v) is 4.10. The Bertz CT molecular complexity index is 488. The van der Waals surface area contributed by atoms with Crippen LogP contribution in [0.25, 0.3) is 5.69 Å². The molecular weight excluding hydrogens is 202 g/mol. The van der Waals surface area contributed by atoms with Crippen LogP contribution in [-0.4, -0.2) is 19.9 Å². The van der Waals surface area contributed by atoms with E-state index in [2.05, 4.69) is 10.1 Å². The van der Waals surface area contributed by atoms with Crippen molar-refractivity contribution in [2.75, 3.05) is 0 Å². The lowest BCUT2D eigenvalue weighted by Gasteiger charge is -2.07. The standard InChI is InChI=1S/C12H13N3O/c16-8-10-7-14-15(12(10)9-1-2-9)11-3-5-13-6-4-11/h3-7,9,16H,1-2,8H2. The van der Waals surface area contributed by atoms with Gasteiger partial charge in [-0.2, -0.15) is 5.10 Å². The third-order valence-electron chi connectivity index (χ3n) is 2.93. The highest BCUT2D eigenvalue weighted by Gasteiger charge is 2.30. The van der Waals surface area contributed by atoms with Crippen molar-refractivity contribution in [3.63, 3.8) is 0 Å². The van der Waals surface area contributed by atoms with Crippen LogP contribution in [0.1, 0.15) is 30.0 Å². The van der Waals surface area contributed by atoms with E-state index in [4.69, 9.17) is 0 Å². The molecule has 2 aromatic rings. The lowest BCUT2D eigenvalue weighted by atomic mass is 10.2. The SMILES string of the molecule is OCc1cnn(-c2ccncc2)c1C1CC1. The second kappa shape index (κ2) is 3.72. The third-order valence-corrected chi connectivity index (χ3v) is 2.93. The maximum Gasteiger partial charge on any atom is 0.0715 e. The molecule has 0 bridgehead atoms. The highest BCUT2D eigenvalue weighted by molar-refractivity contribution is 5.36. The molecule has 4 heteroatoms. The summed E-state index contributed by atoms with van der Waals surface area (Å²) in [5.41, 5.74) is 3.12. The van der Waals surface area contributed by atoms with Crippen molar-refractivity contribution >= 4 is 0 Å². The molecule has 0 atom stereocenters. The van der Waals surface area contributed by atoms with Crippen LogP contribution in [0.4, 0.5) is 0 Å². The van der Waals surface area contributed by atoms with E-state index in [1.165, 1.54) is 12.8 Å². The highest BCUT2D eigenvalue weighted by Crippen LogP contribution is 2.42. The number of rotatable bonds is 3. The molecule has 1 fully saturated rings. The molecule has 16 heavy (non-hydrogen) atoms. The monoisotopic (exact) mass is 215 g/mol. The number of pyridine rings is 1. The van der Waals surface area contributed by atoms with Gasteiger partial charge in [-0.25, -0.2) is 4.68 Å². The summed E-state index contributed by atoms with van der Waals surface area (Å²) in [4.78, 5) is 4.00. The zero-order valence-electron chi connectivity index (χ0n) is 8.87. The van der Waals surface area contributed by atoms with Crippen LogP contribution in [-0.2, 0) is 6.61 Å². The topological polar surface area (TPSA) is 50.9 Å². The summed E-state index contributed by atoms with van der Waals surface area (Å²) in [6, 6.07) is 3.86. The zero-order chi connectivity index (χ0) is 11.0. The summed E-state index contributed by atoms with van der Waals surface area (Å²) in [7, 11) is 0. The van der Waals surface area contributed by atoms with Gasteiger partial charge in [-0.3, -0.25) is 4.98 Å². The first-order valence-electron chi connectivity index (χ1n) is 5.48. The van der Waals surface area contributed by atoms with Crippen molar-refractivity contribution in [3.8, 4) is 5.69 Å². The van der Waals surface area contributed by atoms with E-state index in [0.717, 1.165) is 16.9 Å². The van der Waals surface area contributed by atoms with Gasteiger partial charge in [-0.05, 0) is 25.0 Å². The fraction of sp³-hybridized carbons (Fsp3) is 0.333. The van der Waals surface area contributed by atoms with E-state index in [-0.39, 0.29) is 6.61 Å². The first kappa shape index (κ1) is 9.54. The number of aromatic nitrogens is 3. The van der Waals surface area contributed by atoms with Gasteiger partial charge in [0, 0.05) is 23.9 Å². The molecule has 1 aliphatic carbocycles. The predicted octanol–water partition coefficient (Wildman–Crippen LogP) is 1.64. The van der Waals surface area contributed by atoms with Crippen molar-refractivity contribution in [1.82, 2.24) is 14.8 Å². The van der Waals surface area contributed by atoms with Gasteiger partial charge in [0.2, 0.25) is 0 Å². The number of hydrogen-bond acceptors (Lipinski definition) is 3. The Morgan fingerprint density at radius 3 is 2.69 bits per heavy atom. The highest BCUT2D eigenvalue weighted by atomic mass is 16.3. The summed E-state index contributed by atoms with van der Waals surface area (Å²) in [6.07, 6.45) is 7.67. The Morgan fingerprint density at radius 2 is 2.06 bits per heavy atom. The van der Waals surface area contributed by atoms with Crippen molar-refractivity contribution < 1.29 is 5.11 Å². The summed E-state index contributed by atoms with van der Waals surface area (Å²) in [5.74, 6) is 0.567. The van der Waals surface area contributed by atoms with Gasteiger partial charge in [-0.1, -0.05) is 0 Å². The molecule has 0 unspecified atom stereocenters.